The molecule has 1 heteroatoms. The smallest absolute Gasteiger partial charge is 0.0376 e. The molecule has 0 saturated carbocycles. The lowest BCUT2D eigenvalue weighted by Crippen LogP contribution is -2.38. The van der Waals surface area contributed by atoms with Crippen LogP contribution in [0.3, 0.4) is 0 Å². The molecule has 2 atom stereocenters. The number of fused-ring (bicyclic) bond motifs is 3. The van der Waals surface area contributed by atoms with Crippen LogP contribution in [0.2, 0.25) is 0 Å². The first-order chi connectivity index (χ1) is 7.36. The van der Waals surface area contributed by atoms with Gasteiger partial charge in [0.05, 0.1) is 0 Å². The number of hydrogen-bond donors (Lipinski definition) is 0. The molecule has 3 rings (SSSR count). The molecule has 0 unspecified atom stereocenters. The van der Waals surface area contributed by atoms with E-state index in [1.165, 1.54) is 32.2 Å². The van der Waals surface area contributed by atoms with Crippen molar-refractivity contribution >= 4 is 0 Å². The number of likely N-dealkylation sites (tertiary alicyclic amines) is 1. The monoisotopic (exact) mass is 201 g/mol. The normalized spacial score (nSPS) is 30.7. The van der Waals surface area contributed by atoms with Crippen molar-refractivity contribution in [3.63, 3.8) is 0 Å². The van der Waals surface area contributed by atoms with Gasteiger partial charge >= 0.3 is 0 Å². The van der Waals surface area contributed by atoms with E-state index in [0.29, 0.717) is 6.04 Å². The Labute approximate surface area is 92.1 Å². The Bertz CT molecular complexity index is 358. The molecule has 0 N–H and O–H groups in total. The fraction of sp³-hybridized carbons (Fsp3) is 0.571. The average Bonchev–Trinajstić information content (AvgIpc) is 2.29. The number of nitrogens with zero attached hydrogens (tertiary/aromatic N) is 1. The predicted molar refractivity (Wildman–Crippen MR) is 62.9 cm³/mol. The van der Waals surface area contributed by atoms with E-state index in [-0.39, 0.29) is 0 Å². The summed E-state index contributed by atoms with van der Waals surface area (Å²) in [7, 11) is 2.29. The first-order valence-corrected chi connectivity index (χ1v) is 6.14. The summed E-state index contributed by atoms with van der Waals surface area (Å²) in [4.78, 5) is 2.56. The fourth-order valence-corrected chi connectivity index (χ4v) is 3.44. The van der Waals surface area contributed by atoms with Crippen LogP contribution in [0.25, 0.3) is 0 Å². The third-order valence-electron chi connectivity index (χ3n) is 4.17. The molecule has 1 heterocycles. The highest BCUT2D eigenvalue weighted by Gasteiger charge is 2.34. The Morgan fingerprint density at radius 1 is 1.20 bits per heavy atom. The van der Waals surface area contributed by atoms with Crippen molar-refractivity contribution < 1.29 is 0 Å². The lowest BCUT2D eigenvalue weighted by molar-refractivity contribution is 0.106. The molecule has 80 valence electrons. The van der Waals surface area contributed by atoms with E-state index in [1.807, 2.05) is 0 Å². The molecule has 1 saturated heterocycles. The molecule has 1 nitrogen and oxygen atoms in total. The Hall–Kier alpha value is -0.820. The number of benzene rings is 1. The standard InChI is InChI=1S/C14H19N/c1-15-10-4-6-12-9-8-11-5-2-3-7-13(11)14(12)15/h2-3,5,7,12,14H,4,6,8-10H2,1H3/t12-,14+/m0/s1. The van der Waals surface area contributed by atoms with Crippen LogP contribution < -0.4 is 0 Å². The van der Waals surface area contributed by atoms with Gasteiger partial charge in [-0.1, -0.05) is 24.3 Å². The molecule has 0 amide bonds. The van der Waals surface area contributed by atoms with E-state index < -0.39 is 0 Å². The quantitative estimate of drug-likeness (QED) is 0.623. The van der Waals surface area contributed by atoms with Crippen LogP contribution in [-0.2, 0) is 6.42 Å². The van der Waals surface area contributed by atoms with Crippen molar-refractivity contribution in [3.05, 3.63) is 35.4 Å². The third-order valence-corrected chi connectivity index (χ3v) is 4.17. The maximum absolute atomic E-state index is 2.56. The van der Waals surface area contributed by atoms with Crippen LogP contribution >= 0.6 is 0 Å². The second-order valence-corrected chi connectivity index (χ2v) is 5.07. The van der Waals surface area contributed by atoms with Crippen LogP contribution in [0.1, 0.15) is 36.4 Å². The molecule has 1 aliphatic heterocycles. The zero-order valence-corrected chi connectivity index (χ0v) is 9.45. The molecule has 1 aromatic rings. The van der Waals surface area contributed by atoms with Crippen molar-refractivity contribution in [2.75, 3.05) is 13.6 Å². The van der Waals surface area contributed by atoms with Gasteiger partial charge in [0.15, 0.2) is 0 Å². The zero-order chi connectivity index (χ0) is 10.3. The predicted octanol–water partition coefficient (Wildman–Crippen LogP) is 3.02. The van der Waals surface area contributed by atoms with Gasteiger partial charge in [-0.2, -0.15) is 0 Å². The number of rotatable bonds is 0. The minimum Gasteiger partial charge on any atom is -0.299 e. The largest absolute Gasteiger partial charge is 0.299 e. The maximum Gasteiger partial charge on any atom is 0.0376 e. The van der Waals surface area contributed by atoms with Crippen LogP contribution in [-0.4, -0.2) is 18.5 Å². The van der Waals surface area contributed by atoms with Crippen molar-refractivity contribution in [1.29, 1.82) is 0 Å². The maximum atomic E-state index is 2.56. The summed E-state index contributed by atoms with van der Waals surface area (Å²) in [6, 6.07) is 9.75. The van der Waals surface area contributed by atoms with Gasteiger partial charge in [0.2, 0.25) is 0 Å². The summed E-state index contributed by atoms with van der Waals surface area (Å²) >= 11 is 0. The van der Waals surface area contributed by atoms with Crippen LogP contribution in [0, 0.1) is 5.92 Å². The van der Waals surface area contributed by atoms with E-state index in [1.54, 1.807) is 11.1 Å². The molecule has 2 aliphatic rings. The SMILES string of the molecule is CN1CCC[C@H]2CCc3ccccc3[C@@H]21. The van der Waals surface area contributed by atoms with Gasteiger partial charge in [-0.25, -0.2) is 0 Å². The Morgan fingerprint density at radius 2 is 2.07 bits per heavy atom. The van der Waals surface area contributed by atoms with Gasteiger partial charge < -0.3 is 0 Å². The van der Waals surface area contributed by atoms with Gasteiger partial charge in [0.25, 0.3) is 0 Å². The van der Waals surface area contributed by atoms with Crippen molar-refractivity contribution in [2.45, 2.75) is 31.7 Å². The highest BCUT2D eigenvalue weighted by molar-refractivity contribution is 5.33. The van der Waals surface area contributed by atoms with E-state index in [0.717, 1.165) is 5.92 Å². The molecule has 0 bridgehead atoms. The van der Waals surface area contributed by atoms with Gasteiger partial charge in [-0.05, 0) is 56.3 Å². The highest BCUT2D eigenvalue weighted by atomic mass is 15.1. The highest BCUT2D eigenvalue weighted by Crippen LogP contribution is 2.42. The Balaban J connectivity index is 2.02. The Morgan fingerprint density at radius 3 is 3.00 bits per heavy atom. The van der Waals surface area contributed by atoms with Crippen LogP contribution in [0.4, 0.5) is 0 Å². The molecular weight excluding hydrogens is 182 g/mol. The molecule has 0 aromatic heterocycles. The van der Waals surface area contributed by atoms with E-state index in [4.69, 9.17) is 0 Å². The summed E-state index contributed by atoms with van der Waals surface area (Å²) < 4.78 is 0. The molecule has 15 heavy (non-hydrogen) atoms. The fourth-order valence-electron chi connectivity index (χ4n) is 3.44. The zero-order valence-electron chi connectivity index (χ0n) is 9.45. The Kier molecular flexibility index (Phi) is 2.28. The number of aryl methyl sites for hydroxylation is 1. The summed E-state index contributed by atoms with van der Waals surface area (Å²) in [6.45, 7) is 1.27. The minimum atomic E-state index is 0.712. The first-order valence-electron chi connectivity index (χ1n) is 6.14. The van der Waals surface area contributed by atoms with Crippen LogP contribution in [0.15, 0.2) is 24.3 Å². The van der Waals surface area contributed by atoms with Gasteiger partial charge in [-0.15, -0.1) is 0 Å². The summed E-state index contributed by atoms with van der Waals surface area (Å²) in [6.07, 6.45) is 5.51. The van der Waals surface area contributed by atoms with Crippen LogP contribution in [0.5, 0.6) is 0 Å². The molecule has 0 radical (unpaired) electrons. The van der Waals surface area contributed by atoms with E-state index in [9.17, 15) is 0 Å². The van der Waals surface area contributed by atoms with E-state index >= 15 is 0 Å². The van der Waals surface area contributed by atoms with Crippen molar-refractivity contribution in [2.24, 2.45) is 5.92 Å². The molecule has 1 aromatic carbocycles. The molecule has 0 spiro atoms. The van der Waals surface area contributed by atoms with Gasteiger partial charge in [-0.3, -0.25) is 4.90 Å². The lowest BCUT2D eigenvalue weighted by atomic mass is 9.75. The van der Waals surface area contributed by atoms with Gasteiger partial charge in [0, 0.05) is 6.04 Å². The molecule has 1 aliphatic carbocycles. The molecule has 1 fully saturated rings. The van der Waals surface area contributed by atoms with Crippen molar-refractivity contribution in [1.82, 2.24) is 4.90 Å². The third kappa shape index (κ3) is 1.50. The lowest BCUT2D eigenvalue weighted by Gasteiger charge is -2.43. The number of piperidine rings is 1. The van der Waals surface area contributed by atoms with Gasteiger partial charge in [0.1, 0.15) is 0 Å². The summed E-state index contributed by atoms with van der Waals surface area (Å²) in [5, 5.41) is 0. The number of hydrogen-bond acceptors (Lipinski definition) is 1. The summed E-state index contributed by atoms with van der Waals surface area (Å²) in [5.41, 5.74) is 3.20. The van der Waals surface area contributed by atoms with E-state index in [2.05, 4.69) is 36.2 Å². The second-order valence-electron chi connectivity index (χ2n) is 5.07. The average molecular weight is 201 g/mol. The van der Waals surface area contributed by atoms with Crippen molar-refractivity contribution in [3.8, 4) is 0 Å². The topological polar surface area (TPSA) is 3.24 Å². The molecular formula is C14H19N. The summed E-state index contributed by atoms with van der Waals surface area (Å²) in [5.74, 6) is 0.915. The second kappa shape index (κ2) is 3.64. The first kappa shape index (κ1) is 9.41. The minimum absolute atomic E-state index is 0.712.